The summed E-state index contributed by atoms with van der Waals surface area (Å²) in [6.07, 6.45) is -0.0302. The molecule has 2 atom stereocenters. The Labute approximate surface area is 121 Å². The van der Waals surface area contributed by atoms with Crippen molar-refractivity contribution in [3.8, 4) is 0 Å². The Morgan fingerprint density at radius 1 is 1.35 bits per heavy atom. The number of nitrogens with one attached hydrogen (secondary N) is 1. The van der Waals surface area contributed by atoms with Crippen molar-refractivity contribution in [2.24, 2.45) is 0 Å². The molecule has 2 N–H and O–H groups in total. The zero-order valence-electron chi connectivity index (χ0n) is 10.8. The minimum absolute atomic E-state index is 0.254. The molecule has 6 heteroatoms. The van der Waals surface area contributed by atoms with Gasteiger partial charge in [0.1, 0.15) is 6.10 Å². The molecule has 0 aromatic heterocycles. The van der Waals surface area contributed by atoms with Crippen LogP contribution < -0.4 is 5.32 Å². The first-order chi connectivity index (χ1) is 9.56. The third kappa shape index (κ3) is 3.95. The summed E-state index contributed by atoms with van der Waals surface area (Å²) >= 11 is 5.87. The topological polar surface area (TPSA) is 75.6 Å². The zero-order valence-corrected chi connectivity index (χ0v) is 11.6. The summed E-state index contributed by atoms with van der Waals surface area (Å²) in [5.74, 6) is -1.27. The van der Waals surface area contributed by atoms with Crippen LogP contribution >= 0.6 is 11.6 Å². The molecule has 20 heavy (non-hydrogen) atoms. The Morgan fingerprint density at radius 2 is 2.10 bits per heavy atom. The third-order valence-electron chi connectivity index (χ3n) is 3.19. The molecular formula is C14H16ClNO4. The van der Waals surface area contributed by atoms with Crippen LogP contribution in [0.5, 0.6) is 0 Å². The van der Waals surface area contributed by atoms with Crippen LogP contribution in [0.2, 0.25) is 5.02 Å². The lowest BCUT2D eigenvalue weighted by Crippen LogP contribution is -2.36. The van der Waals surface area contributed by atoms with E-state index in [1.54, 1.807) is 6.07 Å². The highest BCUT2D eigenvalue weighted by Crippen LogP contribution is 2.19. The van der Waals surface area contributed by atoms with Gasteiger partial charge in [-0.3, -0.25) is 4.79 Å². The number of ether oxygens (including phenoxy) is 1. The van der Waals surface area contributed by atoms with Gasteiger partial charge < -0.3 is 15.2 Å². The minimum atomic E-state index is -1.01. The van der Waals surface area contributed by atoms with Crippen molar-refractivity contribution in [1.82, 2.24) is 5.32 Å². The van der Waals surface area contributed by atoms with E-state index in [-0.39, 0.29) is 5.91 Å². The SMILES string of the molecule is O=C(O)C1CCC(C(=O)NCCc2cccc(Cl)c2)O1. The number of rotatable bonds is 5. The summed E-state index contributed by atoms with van der Waals surface area (Å²) < 4.78 is 5.17. The van der Waals surface area contributed by atoms with Gasteiger partial charge in [-0.05, 0) is 37.0 Å². The smallest absolute Gasteiger partial charge is 0.332 e. The normalized spacial score (nSPS) is 21.6. The van der Waals surface area contributed by atoms with E-state index in [1.165, 1.54) is 0 Å². The summed E-state index contributed by atoms with van der Waals surface area (Å²) in [6, 6.07) is 7.43. The molecule has 1 aliphatic rings. The van der Waals surface area contributed by atoms with Crippen LogP contribution in [-0.2, 0) is 20.7 Å². The first kappa shape index (κ1) is 14.8. The first-order valence-corrected chi connectivity index (χ1v) is 6.84. The molecule has 5 nitrogen and oxygen atoms in total. The van der Waals surface area contributed by atoms with Crippen LogP contribution in [0.15, 0.2) is 24.3 Å². The van der Waals surface area contributed by atoms with E-state index in [9.17, 15) is 9.59 Å². The fraction of sp³-hybridized carbons (Fsp3) is 0.429. The van der Waals surface area contributed by atoms with E-state index in [0.29, 0.717) is 30.8 Å². The van der Waals surface area contributed by atoms with Gasteiger partial charge in [-0.2, -0.15) is 0 Å². The van der Waals surface area contributed by atoms with E-state index in [2.05, 4.69) is 5.32 Å². The van der Waals surface area contributed by atoms with Gasteiger partial charge in [0.2, 0.25) is 5.91 Å². The zero-order chi connectivity index (χ0) is 14.5. The van der Waals surface area contributed by atoms with Crippen molar-refractivity contribution >= 4 is 23.5 Å². The number of benzene rings is 1. The Bertz CT molecular complexity index is 506. The molecule has 2 rings (SSSR count). The highest BCUT2D eigenvalue weighted by Gasteiger charge is 2.34. The van der Waals surface area contributed by atoms with Crippen molar-refractivity contribution in [1.29, 1.82) is 0 Å². The maximum atomic E-state index is 11.8. The predicted molar refractivity (Wildman–Crippen MR) is 73.7 cm³/mol. The van der Waals surface area contributed by atoms with Gasteiger partial charge in [-0.1, -0.05) is 23.7 Å². The van der Waals surface area contributed by atoms with Crippen LogP contribution in [0.3, 0.4) is 0 Å². The lowest BCUT2D eigenvalue weighted by Gasteiger charge is -2.11. The second kappa shape index (κ2) is 6.72. The summed E-state index contributed by atoms with van der Waals surface area (Å²) in [6.45, 7) is 0.469. The van der Waals surface area contributed by atoms with E-state index >= 15 is 0 Å². The van der Waals surface area contributed by atoms with Crippen molar-refractivity contribution in [2.75, 3.05) is 6.54 Å². The first-order valence-electron chi connectivity index (χ1n) is 6.46. The summed E-state index contributed by atoms with van der Waals surface area (Å²) in [5.41, 5.74) is 1.04. The van der Waals surface area contributed by atoms with Crippen LogP contribution in [0, 0.1) is 0 Å². The molecule has 1 aromatic rings. The van der Waals surface area contributed by atoms with Gasteiger partial charge in [0.05, 0.1) is 0 Å². The summed E-state index contributed by atoms with van der Waals surface area (Å²) in [7, 11) is 0. The minimum Gasteiger partial charge on any atom is -0.479 e. The molecule has 0 radical (unpaired) electrons. The molecule has 0 spiro atoms. The quantitative estimate of drug-likeness (QED) is 0.866. The van der Waals surface area contributed by atoms with Crippen molar-refractivity contribution in [2.45, 2.75) is 31.5 Å². The highest BCUT2D eigenvalue weighted by atomic mass is 35.5. The van der Waals surface area contributed by atoms with Gasteiger partial charge in [0.25, 0.3) is 0 Å². The number of amides is 1. The number of carbonyl (C=O) groups excluding carboxylic acids is 1. The van der Waals surface area contributed by atoms with Gasteiger partial charge in [-0.15, -0.1) is 0 Å². The van der Waals surface area contributed by atoms with E-state index in [1.807, 2.05) is 18.2 Å². The lowest BCUT2D eigenvalue weighted by atomic mass is 10.1. The average Bonchev–Trinajstić information content (AvgIpc) is 2.88. The maximum absolute atomic E-state index is 11.8. The van der Waals surface area contributed by atoms with Gasteiger partial charge >= 0.3 is 5.97 Å². The van der Waals surface area contributed by atoms with Crippen LogP contribution in [0.4, 0.5) is 0 Å². The second-order valence-corrected chi connectivity index (χ2v) is 5.14. The molecule has 0 saturated carbocycles. The van der Waals surface area contributed by atoms with E-state index in [0.717, 1.165) is 5.56 Å². The number of hydrogen-bond acceptors (Lipinski definition) is 3. The number of carboxylic acid groups (broad SMARTS) is 1. The van der Waals surface area contributed by atoms with E-state index < -0.39 is 18.2 Å². The molecule has 1 heterocycles. The lowest BCUT2D eigenvalue weighted by molar-refractivity contribution is -0.151. The standard InChI is InChI=1S/C14H16ClNO4/c15-10-3-1-2-9(8-10)6-7-16-13(17)11-4-5-12(20-11)14(18)19/h1-3,8,11-12H,4-7H2,(H,16,17)(H,18,19). The Morgan fingerprint density at radius 3 is 2.75 bits per heavy atom. The third-order valence-corrected chi connectivity index (χ3v) is 3.42. The molecular weight excluding hydrogens is 282 g/mol. The number of carbonyl (C=O) groups is 2. The van der Waals surface area contributed by atoms with Crippen LogP contribution in [0.1, 0.15) is 18.4 Å². The number of halogens is 1. The number of aliphatic carboxylic acids is 1. The monoisotopic (exact) mass is 297 g/mol. The van der Waals surface area contributed by atoms with E-state index in [4.69, 9.17) is 21.4 Å². The fourth-order valence-corrected chi connectivity index (χ4v) is 2.36. The molecule has 0 aliphatic carbocycles. The summed E-state index contributed by atoms with van der Waals surface area (Å²) in [5, 5.41) is 12.2. The van der Waals surface area contributed by atoms with Crippen LogP contribution in [-0.4, -0.2) is 35.7 Å². The average molecular weight is 298 g/mol. The van der Waals surface area contributed by atoms with Gasteiger partial charge in [-0.25, -0.2) is 4.79 Å². The van der Waals surface area contributed by atoms with Crippen LogP contribution in [0.25, 0.3) is 0 Å². The van der Waals surface area contributed by atoms with Crippen molar-refractivity contribution in [3.05, 3.63) is 34.9 Å². The number of carboxylic acids is 1. The molecule has 1 fully saturated rings. The predicted octanol–water partition coefficient (Wildman–Crippen LogP) is 1.63. The molecule has 2 unspecified atom stereocenters. The fourth-order valence-electron chi connectivity index (χ4n) is 2.15. The highest BCUT2D eigenvalue weighted by molar-refractivity contribution is 6.30. The largest absolute Gasteiger partial charge is 0.479 e. The molecule has 1 saturated heterocycles. The molecule has 108 valence electrons. The molecule has 0 bridgehead atoms. The Balaban J connectivity index is 1.75. The Hall–Kier alpha value is -1.59. The maximum Gasteiger partial charge on any atom is 0.332 e. The van der Waals surface area contributed by atoms with Crippen molar-refractivity contribution in [3.63, 3.8) is 0 Å². The molecule has 1 aromatic carbocycles. The second-order valence-electron chi connectivity index (χ2n) is 4.70. The number of hydrogen-bond donors (Lipinski definition) is 2. The molecule has 1 amide bonds. The molecule has 1 aliphatic heterocycles. The summed E-state index contributed by atoms with van der Waals surface area (Å²) in [4.78, 5) is 22.5. The van der Waals surface area contributed by atoms with Gasteiger partial charge in [0.15, 0.2) is 6.10 Å². The van der Waals surface area contributed by atoms with Crippen molar-refractivity contribution < 1.29 is 19.4 Å². The van der Waals surface area contributed by atoms with Gasteiger partial charge in [0, 0.05) is 11.6 Å². The Kier molecular flexibility index (Phi) is 4.98.